The maximum atomic E-state index is 10.1. The van der Waals surface area contributed by atoms with Crippen LogP contribution in [-0.4, -0.2) is 346 Å². The first-order chi connectivity index (χ1) is 32.3. The van der Waals surface area contributed by atoms with E-state index in [1.54, 1.807) is 0 Å². The van der Waals surface area contributed by atoms with Crippen LogP contribution in [0.3, 0.4) is 0 Å². The molecule has 408 valence electrons. The number of rotatable bonds is 15. The standard InChI is InChI=1S/3C12H22O11/c13-1-4-6(16)7(17)8(18)11(21-4)22-9-5(2-14)23-12(20,3-15)10(9)19;13-1-4-6(15)8(17)9(18)11(22-4)21-2-5-7(16)10(19)12(20,3-14)23-5;13-1-4-6(16)8(18)9(19)11(21-4)22-10-7(17)5(2-14)23-12(10,20)3-15/h3*4-11,13-20H,1-3H2. The minimum atomic E-state index is -2.37. The molecule has 0 bridgehead atoms. The number of ether oxygens (including phenoxy) is 9. The molecule has 0 spiro atoms. The molecule has 6 rings (SSSR count). The van der Waals surface area contributed by atoms with E-state index in [9.17, 15) is 91.9 Å². The number of hydrogen-bond donors (Lipinski definition) is 24. The van der Waals surface area contributed by atoms with E-state index in [0.29, 0.717) is 0 Å². The van der Waals surface area contributed by atoms with Crippen LogP contribution < -0.4 is 0 Å². The molecule has 6 heterocycles. The van der Waals surface area contributed by atoms with Crippen LogP contribution in [0.25, 0.3) is 0 Å². The zero-order valence-corrected chi connectivity index (χ0v) is 36.1. The minimum Gasteiger partial charge on any atom is -0.394 e. The summed E-state index contributed by atoms with van der Waals surface area (Å²) in [5.41, 5.74) is 0. The second-order valence-corrected chi connectivity index (χ2v) is 16.8. The minimum absolute atomic E-state index is 0.469. The zero-order valence-electron chi connectivity index (χ0n) is 36.1. The van der Waals surface area contributed by atoms with Gasteiger partial charge in [-0.15, -0.1) is 0 Å². The first-order valence-electron chi connectivity index (χ1n) is 21.1. The fraction of sp³-hybridized carbons (Fsp3) is 1.00. The van der Waals surface area contributed by atoms with Crippen LogP contribution in [0.2, 0.25) is 0 Å². The molecular weight excluding hydrogens is 960 g/mol. The van der Waals surface area contributed by atoms with Crippen molar-refractivity contribution in [3.05, 3.63) is 0 Å². The lowest BCUT2D eigenvalue weighted by molar-refractivity contribution is -0.342. The molecule has 33 nitrogen and oxygen atoms in total. The van der Waals surface area contributed by atoms with Gasteiger partial charge in [0, 0.05) is 0 Å². The van der Waals surface area contributed by atoms with E-state index in [1.807, 2.05) is 0 Å². The van der Waals surface area contributed by atoms with E-state index in [2.05, 4.69) is 0 Å². The predicted octanol–water partition coefficient (Wildman–Crippen LogP) is -16.2. The first kappa shape index (κ1) is 60.2. The molecule has 69 heavy (non-hydrogen) atoms. The van der Waals surface area contributed by atoms with Crippen molar-refractivity contribution in [1.29, 1.82) is 0 Å². The molecule has 27 atom stereocenters. The van der Waals surface area contributed by atoms with Crippen LogP contribution in [-0.2, 0) is 42.6 Å². The predicted molar refractivity (Wildman–Crippen MR) is 206 cm³/mol. The zero-order chi connectivity index (χ0) is 52.1. The van der Waals surface area contributed by atoms with Gasteiger partial charge in [-0.1, -0.05) is 0 Å². The highest BCUT2D eigenvalue weighted by Gasteiger charge is 2.59. The molecule has 0 aromatic carbocycles. The van der Waals surface area contributed by atoms with Gasteiger partial charge in [-0.05, 0) is 0 Å². The molecule has 0 aliphatic carbocycles. The van der Waals surface area contributed by atoms with E-state index in [1.165, 1.54) is 0 Å². The smallest absolute Gasteiger partial charge is 0.219 e. The van der Waals surface area contributed by atoms with E-state index in [4.69, 9.17) is 73.3 Å². The summed E-state index contributed by atoms with van der Waals surface area (Å²) in [6.07, 6.45) is -36.6. The quantitative estimate of drug-likeness (QED) is 0.0724. The van der Waals surface area contributed by atoms with Crippen LogP contribution in [0.15, 0.2) is 0 Å². The topological polar surface area (TPSA) is 569 Å². The first-order valence-corrected chi connectivity index (χ1v) is 21.1. The van der Waals surface area contributed by atoms with Crippen molar-refractivity contribution < 1.29 is 165 Å². The van der Waals surface area contributed by atoms with Gasteiger partial charge in [0.05, 0.1) is 59.5 Å². The SMILES string of the molecule is OCC1OC(OC2C(CO)OC(O)(CO)C2O)C(O)C(O)C1O.OCC1OC(OC2C(O)C(CO)OC2(O)CO)C(O)C(O)C1O.OCC1OC(OCC2OC(O)(CO)C(O)C2O)C(O)C(O)C1O. The van der Waals surface area contributed by atoms with Gasteiger partial charge >= 0.3 is 0 Å². The maximum Gasteiger partial charge on any atom is 0.219 e. The molecule has 27 unspecified atom stereocenters. The molecule has 6 fully saturated rings. The summed E-state index contributed by atoms with van der Waals surface area (Å²) in [6.45, 7) is -6.71. The lowest BCUT2D eigenvalue weighted by Gasteiger charge is -2.41. The molecular formula is C36H66O33. The van der Waals surface area contributed by atoms with Gasteiger partial charge < -0.3 is 165 Å². The van der Waals surface area contributed by atoms with Gasteiger partial charge in [0.1, 0.15) is 128 Å². The summed E-state index contributed by atoms with van der Waals surface area (Å²) in [5, 5.41) is 229. The monoisotopic (exact) mass is 1030 g/mol. The van der Waals surface area contributed by atoms with Crippen LogP contribution in [0.5, 0.6) is 0 Å². The second kappa shape index (κ2) is 25.3. The second-order valence-electron chi connectivity index (χ2n) is 16.8. The van der Waals surface area contributed by atoms with Gasteiger partial charge in [0.25, 0.3) is 0 Å². The summed E-state index contributed by atoms with van der Waals surface area (Å²) in [5.74, 6) is -7.08. The summed E-state index contributed by atoms with van der Waals surface area (Å²) in [4.78, 5) is 0. The Kier molecular flexibility index (Phi) is 22.1. The lowest BCUT2D eigenvalue weighted by atomic mass is 9.99. The average Bonchev–Trinajstić information content (AvgIpc) is 3.84. The molecule has 33 heteroatoms. The van der Waals surface area contributed by atoms with Crippen molar-refractivity contribution in [2.75, 3.05) is 59.5 Å². The van der Waals surface area contributed by atoms with Crippen LogP contribution >= 0.6 is 0 Å². The van der Waals surface area contributed by atoms with Crippen LogP contribution in [0.4, 0.5) is 0 Å². The molecule has 0 amide bonds. The van der Waals surface area contributed by atoms with Crippen molar-refractivity contribution in [1.82, 2.24) is 0 Å². The van der Waals surface area contributed by atoms with Gasteiger partial charge in [0.2, 0.25) is 17.4 Å². The Hall–Kier alpha value is -1.32. The Morgan fingerprint density at radius 3 is 1.10 bits per heavy atom. The average molecular weight is 1030 g/mol. The third kappa shape index (κ3) is 12.8. The lowest BCUT2D eigenvalue weighted by Crippen LogP contribution is -2.61. The third-order valence-corrected chi connectivity index (χ3v) is 12.1. The Morgan fingerprint density at radius 1 is 0.333 bits per heavy atom. The van der Waals surface area contributed by atoms with Crippen molar-refractivity contribution in [3.8, 4) is 0 Å². The number of hydrogen-bond acceptors (Lipinski definition) is 33. The molecule has 6 aliphatic heterocycles. The highest BCUT2D eigenvalue weighted by Crippen LogP contribution is 2.36. The number of aliphatic hydroxyl groups is 24. The van der Waals surface area contributed by atoms with Crippen molar-refractivity contribution in [3.63, 3.8) is 0 Å². The van der Waals surface area contributed by atoms with Crippen LogP contribution in [0.1, 0.15) is 0 Å². The summed E-state index contributed by atoms with van der Waals surface area (Å²) >= 11 is 0. The van der Waals surface area contributed by atoms with E-state index in [0.717, 1.165) is 0 Å². The summed E-state index contributed by atoms with van der Waals surface area (Å²) < 4.78 is 45.7. The van der Waals surface area contributed by atoms with Crippen molar-refractivity contribution in [2.24, 2.45) is 0 Å². The Morgan fingerprint density at radius 2 is 0.696 bits per heavy atom. The summed E-state index contributed by atoms with van der Waals surface area (Å²) in [7, 11) is 0. The molecule has 24 N–H and O–H groups in total. The Labute approximate surface area is 389 Å². The van der Waals surface area contributed by atoms with Gasteiger partial charge in [-0.25, -0.2) is 0 Å². The van der Waals surface area contributed by atoms with Crippen molar-refractivity contribution >= 4 is 0 Å². The normalized spacial score (nSPS) is 51.1. The summed E-state index contributed by atoms with van der Waals surface area (Å²) in [6, 6.07) is 0. The molecule has 6 saturated heterocycles. The largest absolute Gasteiger partial charge is 0.394 e. The van der Waals surface area contributed by atoms with Gasteiger partial charge in [-0.2, -0.15) is 0 Å². The fourth-order valence-electron chi connectivity index (χ4n) is 7.80. The van der Waals surface area contributed by atoms with Crippen molar-refractivity contribution in [2.45, 2.75) is 164 Å². The van der Waals surface area contributed by atoms with Crippen LogP contribution in [0, 0.1) is 0 Å². The van der Waals surface area contributed by atoms with E-state index in [-0.39, 0.29) is 0 Å². The maximum absolute atomic E-state index is 10.1. The third-order valence-electron chi connectivity index (χ3n) is 12.1. The van der Waals surface area contributed by atoms with E-state index >= 15 is 0 Å². The van der Waals surface area contributed by atoms with Gasteiger partial charge in [0.15, 0.2) is 18.9 Å². The van der Waals surface area contributed by atoms with Gasteiger partial charge in [-0.3, -0.25) is 0 Å². The molecule has 6 aliphatic rings. The highest BCUT2D eigenvalue weighted by atomic mass is 16.8. The molecule has 0 radical (unpaired) electrons. The Bertz CT molecular complexity index is 1520. The molecule has 0 aromatic heterocycles. The fourth-order valence-corrected chi connectivity index (χ4v) is 7.80. The van der Waals surface area contributed by atoms with E-state index < -0.39 is 224 Å². The molecule has 0 saturated carbocycles. The highest BCUT2D eigenvalue weighted by molar-refractivity contribution is 5.00. The molecule has 0 aromatic rings. The Balaban J connectivity index is 0.000000225. The number of aliphatic hydroxyl groups excluding tert-OH is 21.